The third-order valence-electron chi connectivity index (χ3n) is 2.50. The quantitative estimate of drug-likeness (QED) is 0.830. The Bertz CT molecular complexity index is 393. The highest BCUT2D eigenvalue weighted by Crippen LogP contribution is 2.21. The highest BCUT2D eigenvalue weighted by molar-refractivity contribution is 9.10. The summed E-state index contributed by atoms with van der Waals surface area (Å²) >= 11 is 11.0. The third kappa shape index (κ3) is 4.19. The Balaban J connectivity index is 2.88. The molecule has 0 saturated carbocycles. The van der Waals surface area contributed by atoms with Crippen molar-refractivity contribution < 1.29 is 4.79 Å². The van der Waals surface area contributed by atoms with Crippen molar-refractivity contribution in [3.63, 3.8) is 0 Å². The van der Waals surface area contributed by atoms with Crippen LogP contribution in [-0.4, -0.2) is 35.9 Å². The van der Waals surface area contributed by atoms with Gasteiger partial charge in [0.25, 0.3) is 5.91 Å². The van der Waals surface area contributed by atoms with Crippen LogP contribution in [0.5, 0.6) is 0 Å². The summed E-state index contributed by atoms with van der Waals surface area (Å²) in [5, 5.41) is 0.564. The fraction of sp³-hybridized carbons (Fsp3) is 0.417. The smallest absolute Gasteiger partial charge is 0.253 e. The largest absolute Gasteiger partial charge is 0.338 e. The molecule has 0 bridgehead atoms. The molecule has 5 heteroatoms. The van der Waals surface area contributed by atoms with Crippen LogP contribution in [0.25, 0.3) is 0 Å². The molecule has 1 atom stereocenters. The summed E-state index contributed by atoms with van der Waals surface area (Å²) < 4.78 is 0.819. The Labute approximate surface area is 120 Å². The average molecular weight is 337 g/mol. The van der Waals surface area contributed by atoms with Gasteiger partial charge in [0.15, 0.2) is 0 Å². The van der Waals surface area contributed by atoms with Gasteiger partial charge in [-0.3, -0.25) is 4.79 Å². The van der Waals surface area contributed by atoms with E-state index >= 15 is 0 Å². The summed E-state index contributed by atoms with van der Waals surface area (Å²) in [6.45, 7) is 2.04. The van der Waals surface area contributed by atoms with Crippen molar-refractivity contribution in [3.05, 3.63) is 33.3 Å². The number of nitrogens with zero attached hydrogens (tertiary/aromatic N) is 1. The van der Waals surface area contributed by atoms with Gasteiger partial charge in [0.05, 0.1) is 0 Å². The second kappa shape index (κ2) is 6.66. The Morgan fingerprint density at radius 1 is 1.53 bits per heavy atom. The normalized spacial score (nSPS) is 12.3. The maximum absolute atomic E-state index is 12.2. The van der Waals surface area contributed by atoms with Gasteiger partial charge in [-0.2, -0.15) is 11.8 Å². The minimum Gasteiger partial charge on any atom is -0.338 e. The van der Waals surface area contributed by atoms with Crippen LogP contribution in [0.4, 0.5) is 0 Å². The number of thioether (sulfide) groups is 1. The van der Waals surface area contributed by atoms with Gasteiger partial charge in [-0.15, -0.1) is 0 Å². The number of hydrogen-bond donors (Lipinski definition) is 0. The first-order valence-corrected chi connectivity index (χ1v) is 7.74. The molecule has 0 N–H and O–H groups in total. The third-order valence-corrected chi connectivity index (χ3v) is 3.99. The highest BCUT2D eigenvalue weighted by Gasteiger charge is 2.17. The van der Waals surface area contributed by atoms with Gasteiger partial charge in [-0.1, -0.05) is 27.5 Å². The van der Waals surface area contributed by atoms with E-state index in [1.54, 1.807) is 34.9 Å². The monoisotopic (exact) mass is 335 g/mol. The molecule has 0 aliphatic rings. The van der Waals surface area contributed by atoms with E-state index in [-0.39, 0.29) is 11.9 Å². The fourth-order valence-electron chi connectivity index (χ4n) is 1.43. The summed E-state index contributed by atoms with van der Waals surface area (Å²) in [6.07, 6.45) is 2.03. The minimum atomic E-state index is -0.00486. The molecule has 1 aromatic rings. The zero-order chi connectivity index (χ0) is 13.0. The summed E-state index contributed by atoms with van der Waals surface area (Å²) in [5.41, 5.74) is 0.611. The van der Waals surface area contributed by atoms with Crippen molar-refractivity contribution in [1.29, 1.82) is 0 Å². The molecule has 0 aliphatic heterocycles. The van der Waals surface area contributed by atoms with E-state index in [1.165, 1.54) is 0 Å². The summed E-state index contributed by atoms with van der Waals surface area (Å²) in [7, 11) is 1.82. The van der Waals surface area contributed by atoms with Gasteiger partial charge in [-0.05, 0) is 31.4 Å². The fourth-order valence-corrected chi connectivity index (χ4v) is 3.00. The lowest BCUT2D eigenvalue weighted by molar-refractivity contribution is 0.0757. The maximum atomic E-state index is 12.2. The maximum Gasteiger partial charge on any atom is 0.253 e. The van der Waals surface area contributed by atoms with E-state index in [1.807, 2.05) is 20.2 Å². The Morgan fingerprint density at radius 2 is 2.18 bits per heavy atom. The van der Waals surface area contributed by atoms with Crippen molar-refractivity contribution in [3.8, 4) is 0 Å². The molecule has 0 heterocycles. The lowest BCUT2D eigenvalue weighted by atomic mass is 10.2. The lowest BCUT2D eigenvalue weighted by Crippen LogP contribution is -2.36. The van der Waals surface area contributed by atoms with Crippen molar-refractivity contribution in [2.24, 2.45) is 0 Å². The van der Waals surface area contributed by atoms with Crippen molar-refractivity contribution in [1.82, 2.24) is 4.90 Å². The zero-order valence-electron chi connectivity index (χ0n) is 10.0. The van der Waals surface area contributed by atoms with Gasteiger partial charge >= 0.3 is 0 Å². The number of halogens is 2. The first kappa shape index (κ1) is 14.9. The summed E-state index contributed by atoms with van der Waals surface area (Å²) in [6, 6.07) is 5.45. The average Bonchev–Trinajstić information content (AvgIpc) is 2.26. The molecule has 1 unspecified atom stereocenters. The second-order valence-corrected chi connectivity index (χ2v) is 6.14. The predicted octanol–water partition coefficient (Wildman–Crippen LogP) is 3.93. The van der Waals surface area contributed by atoms with Crippen LogP contribution in [0, 0.1) is 0 Å². The van der Waals surface area contributed by atoms with E-state index in [0.717, 1.165) is 10.2 Å². The van der Waals surface area contributed by atoms with Crippen molar-refractivity contribution in [2.75, 3.05) is 19.1 Å². The molecule has 94 valence electrons. The van der Waals surface area contributed by atoms with Crippen LogP contribution >= 0.6 is 39.3 Å². The number of hydrogen-bond acceptors (Lipinski definition) is 2. The number of carbonyl (C=O) groups excluding carboxylic acids is 1. The van der Waals surface area contributed by atoms with Gasteiger partial charge in [0.2, 0.25) is 0 Å². The lowest BCUT2D eigenvalue weighted by Gasteiger charge is -2.24. The van der Waals surface area contributed by atoms with Crippen LogP contribution in [0.15, 0.2) is 22.7 Å². The molecule has 0 radical (unpaired) electrons. The van der Waals surface area contributed by atoms with Gasteiger partial charge < -0.3 is 4.90 Å². The highest BCUT2D eigenvalue weighted by atomic mass is 79.9. The number of benzene rings is 1. The Hall–Kier alpha value is -0.190. The zero-order valence-corrected chi connectivity index (χ0v) is 13.2. The first-order valence-electron chi connectivity index (χ1n) is 5.18. The SMILES string of the molecule is CSCC(C)N(C)C(=O)c1cc(Cl)cc(Br)c1. The molecule has 1 aromatic carbocycles. The molecular weight excluding hydrogens is 322 g/mol. The van der Waals surface area contributed by atoms with Crippen LogP contribution in [0.2, 0.25) is 5.02 Å². The topological polar surface area (TPSA) is 20.3 Å². The van der Waals surface area contributed by atoms with Gasteiger partial charge in [0, 0.05) is 33.9 Å². The van der Waals surface area contributed by atoms with E-state index in [0.29, 0.717) is 10.6 Å². The molecule has 0 aromatic heterocycles. The van der Waals surface area contributed by atoms with E-state index in [4.69, 9.17) is 11.6 Å². The molecule has 0 spiro atoms. The molecule has 1 rings (SSSR count). The summed E-state index contributed by atoms with van der Waals surface area (Å²) in [5.74, 6) is 0.916. The Morgan fingerprint density at radius 3 is 2.71 bits per heavy atom. The van der Waals surface area contributed by atoms with Crippen LogP contribution in [-0.2, 0) is 0 Å². The van der Waals surface area contributed by atoms with Crippen LogP contribution < -0.4 is 0 Å². The van der Waals surface area contributed by atoms with Crippen molar-refractivity contribution >= 4 is 45.2 Å². The van der Waals surface area contributed by atoms with Gasteiger partial charge in [0.1, 0.15) is 0 Å². The molecule has 0 fully saturated rings. The number of carbonyl (C=O) groups is 1. The molecule has 17 heavy (non-hydrogen) atoms. The Kier molecular flexibility index (Phi) is 5.83. The first-order chi connectivity index (χ1) is 7.95. The molecule has 2 nitrogen and oxygen atoms in total. The number of amides is 1. The van der Waals surface area contributed by atoms with E-state index in [2.05, 4.69) is 15.9 Å². The van der Waals surface area contributed by atoms with Gasteiger partial charge in [-0.25, -0.2) is 0 Å². The van der Waals surface area contributed by atoms with E-state index in [9.17, 15) is 4.79 Å². The molecule has 0 saturated heterocycles. The summed E-state index contributed by atoms with van der Waals surface area (Å²) in [4.78, 5) is 13.9. The van der Waals surface area contributed by atoms with Crippen LogP contribution in [0.1, 0.15) is 17.3 Å². The second-order valence-electron chi connectivity index (χ2n) is 3.88. The molecule has 1 amide bonds. The molecular formula is C12H15BrClNOS. The predicted molar refractivity (Wildman–Crippen MR) is 79.1 cm³/mol. The van der Waals surface area contributed by atoms with Crippen molar-refractivity contribution in [2.45, 2.75) is 13.0 Å². The standard InChI is InChI=1S/C12H15BrClNOS/c1-8(7-17-3)15(2)12(16)9-4-10(13)6-11(14)5-9/h4-6,8H,7H2,1-3H3. The number of rotatable bonds is 4. The molecule has 0 aliphatic carbocycles. The van der Waals surface area contributed by atoms with E-state index < -0.39 is 0 Å². The van der Waals surface area contributed by atoms with Crippen LogP contribution in [0.3, 0.4) is 0 Å². The minimum absolute atomic E-state index is 0.00486.